The number of aromatic nitrogens is 2. The second-order valence-corrected chi connectivity index (χ2v) is 8.08. The van der Waals surface area contributed by atoms with Gasteiger partial charge in [0.25, 0.3) is 0 Å². The van der Waals surface area contributed by atoms with Gasteiger partial charge in [-0.15, -0.1) is 0 Å². The van der Waals surface area contributed by atoms with Crippen LogP contribution in [0.1, 0.15) is 11.3 Å². The van der Waals surface area contributed by atoms with E-state index in [4.69, 9.17) is 19.4 Å². The minimum absolute atomic E-state index is 0.00250. The molecule has 2 heterocycles. The van der Waals surface area contributed by atoms with Crippen LogP contribution in [0.4, 0.5) is 13.2 Å². The van der Waals surface area contributed by atoms with Crippen molar-refractivity contribution in [3.63, 3.8) is 0 Å². The summed E-state index contributed by atoms with van der Waals surface area (Å²) in [5, 5.41) is 12.9. The Bertz CT molecular complexity index is 1210. The van der Waals surface area contributed by atoms with Crippen LogP contribution in [0.15, 0.2) is 60.2 Å². The van der Waals surface area contributed by atoms with Gasteiger partial charge in [0.1, 0.15) is 5.75 Å². The van der Waals surface area contributed by atoms with Crippen LogP contribution in [0.2, 0.25) is 0 Å². The average Bonchev–Trinajstić information content (AvgIpc) is 3.33. The van der Waals surface area contributed by atoms with Gasteiger partial charge in [0.15, 0.2) is 29.4 Å². The maximum Gasteiger partial charge on any atom is 0.194 e. The van der Waals surface area contributed by atoms with E-state index in [9.17, 15) is 13.2 Å². The Morgan fingerprint density at radius 3 is 2.51 bits per heavy atom. The first-order valence-corrected chi connectivity index (χ1v) is 11.4. The van der Waals surface area contributed by atoms with Crippen molar-refractivity contribution >= 4 is 11.9 Å². The van der Waals surface area contributed by atoms with Crippen molar-refractivity contribution in [2.45, 2.75) is 13.0 Å². The topological polar surface area (TPSA) is 81.3 Å². The Labute approximate surface area is 213 Å². The summed E-state index contributed by atoms with van der Waals surface area (Å²) < 4.78 is 48.7. The molecule has 8 nitrogen and oxygen atoms in total. The molecule has 0 spiro atoms. The number of methoxy groups -OCH3 is 1. The van der Waals surface area contributed by atoms with Crippen LogP contribution in [0.3, 0.4) is 0 Å². The molecule has 0 amide bonds. The summed E-state index contributed by atoms with van der Waals surface area (Å²) in [7, 11) is 3.61. The first kappa shape index (κ1) is 27.8. The van der Waals surface area contributed by atoms with Gasteiger partial charge in [0.05, 0.1) is 51.2 Å². The highest BCUT2D eigenvalue weighted by molar-refractivity contribution is 5.96. The molecule has 0 saturated carbocycles. The fourth-order valence-corrected chi connectivity index (χ4v) is 3.36. The van der Waals surface area contributed by atoms with Crippen molar-refractivity contribution < 1.29 is 32.6 Å². The van der Waals surface area contributed by atoms with Crippen LogP contribution < -0.4 is 4.74 Å². The van der Waals surface area contributed by atoms with Gasteiger partial charge in [-0.25, -0.2) is 18.2 Å². The summed E-state index contributed by atoms with van der Waals surface area (Å²) in [6.45, 7) is 3.32. The first-order valence-electron chi connectivity index (χ1n) is 11.4. The fourth-order valence-electron chi connectivity index (χ4n) is 3.36. The zero-order valence-corrected chi connectivity index (χ0v) is 20.8. The SMILES string of the molecule is COc1cc(/C=C/C2=NOC(COCCO)CN2C)ccc1-n1cnc(C)c1.Fc1cccc(F)c1F. The van der Waals surface area contributed by atoms with Crippen LogP contribution in [0, 0.1) is 24.4 Å². The summed E-state index contributed by atoms with van der Waals surface area (Å²) in [6, 6.07) is 8.80. The Morgan fingerprint density at radius 1 is 1.16 bits per heavy atom. The molecule has 198 valence electrons. The summed E-state index contributed by atoms with van der Waals surface area (Å²) in [6.07, 6.45) is 7.45. The lowest BCUT2D eigenvalue weighted by Crippen LogP contribution is -2.41. The van der Waals surface area contributed by atoms with Crippen molar-refractivity contribution in [1.82, 2.24) is 14.5 Å². The van der Waals surface area contributed by atoms with Crippen LogP contribution >= 0.6 is 0 Å². The second-order valence-electron chi connectivity index (χ2n) is 8.08. The number of imidazole rings is 1. The van der Waals surface area contributed by atoms with Gasteiger partial charge in [-0.1, -0.05) is 23.4 Å². The number of likely N-dealkylation sites (N-methyl/N-ethyl adjacent to an activating group) is 1. The third kappa shape index (κ3) is 7.83. The van der Waals surface area contributed by atoms with Crippen LogP contribution in [0.5, 0.6) is 5.75 Å². The maximum absolute atomic E-state index is 12.0. The molecule has 1 aliphatic rings. The lowest BCUT2D eigenvalue weighted by atomic mass is 10.1. The monoisotopic (exact) mass is 518 g/mol. The van der Waals surface area contributed by atoms with Crippen molar-refractivity contribution in [1.29, 1.82) is 0 Å². The summed E-state index contributed by atoms with van der Waals surface area (Å²) in [5.41, 5.74) is 2.87. The Kier molecular flexibility index (Phi) is 10.1. The number of aryl methyl sites for hydroxylation is 1. The molecule has 0 radical (unpaired) electrons. The van der Waals surface area contributed by atoms with Crippen LogP contribution in [0.25, 0.3) is 11.8 Å². The maximum atomic E-state index is 12.0. The molecule has 11 heteroatoms. The summed E-state index contributed by atoms with van der Waals surface area (Å²) >= 11 is 0. The van der Waals surface area contributed by atoms with Crippen LogP contribution in [-0.2, 0) is 9.57 Å². The number of halogens is 3. The number of benzene rings is 2. The summed E-state index contributed by atoms with van der Waals surface area (Å²) in [5.74, 6) is -2.25. The third-order valence-corrected chi connectivity index (χ3v) is 5.23. The molecular weight excluding hydrogens is 489 g/mol. The lowest BCUT2D eigenvalue weighted by Gasteiger charge is -2.28. The molecule has 1 unspecified atom stereocenters. The fraction of sp³-hybridized carbons (Fsp3) is 0.308. The number of amidine groups is 1. The first-order chi connectivity index (χ1) is 17.8. The van der Waals surface area contributed by atoms with E-state index in [-0.39, 0.29) is 12.7 Å². The number of aliphatic hydroxyl groups is 1. The third-order valence-electron chi connectivity index (χ3n) is 5.23. The smallest absolute Gasteiger partial charge is 0.194 e. The van der Waals surface area contributed by atoms with Gasteiger partial charge in [-0.3, -0.25) is 0 Å². The van der Waals surface area contributed by atoms with Gasteiger partial charge >= 0.3 is 0 Å². The van der Waals surface area contributed by atoms with E-state index < -0.39 is 17.5 Å². The van der Waals surface area contributed by atoms with E-state index in [0.29, 0.717) is 19.8 Å². The standard InChI is InChI=1S/C20H26N4O4.C6H3F3/c1-15-11-24(14-21-15)18-6-4-16(10-19(18)26-3)5-7-20-22-28-17(12-23(20)2)13-27-9-8-25;7-4-2-1-3-5(8)6(4)9/h4-7,10-11,14,17,25H,8-9,12-13H2,1-3H3;1-3H/b7-5+;. The van der Waals surface area contributed by atoms with E-state index >= 15 is 0 Å². The minimum Gasteiger partial charge on any atom is -0.495 e. The molecule has 0 aliphatic carbocycles. The zero-order valence-electron chi connectivity index (χ0n) is 20.8. The molecule has 1 aromatic heterocycles. The highest BCUT2D eigenvalue weighted by Crippen LogP contribution is 2.25. The molecule has 0 saturated heterocycles. The second kappa shape index (κ2) is 13.5. The van der Waals surface area contributed by atoms with E-state index in [0.717, 1.165) is 46.7 Å². The molecule has 2 aromatic carbocycles. The number of hydrogen-bond acceptors (Lipinski definition) is 7. The van der Waals surface area contributed by atoms with E-state index in [1.54, 1.807) is 13.4 Å². The number of oxime groups is 1. The average molecular weight is 519 g/mol. The van der Waals surface area contributed by atoms with Gasteiger partial charge in [-0.05, 0) is 42.8 Å². The van der Waals surface area contributed by atoms with Crippen molar-refractivity contribution in [2.24, 2.45) is 5.16 Å². The van der Waals surface area contributed by atoms with E-state index in [1.165, 1.54) is 0 Å². The summed E-state index contributed by atoms with van der Waals surface area (Å²) in [4.78, 5) is 11.7. The Hall–Kier alpha value is -3.83. The molecule has 37 heavy (non-hydrogen) atoms. The highest BCUT2D eigenvalue weighted by Gasteiger charge is 2.20. The molecule has 4 rings (SSSR count). The predicted molar refractivity (Wildman–Crippen MR) is 133 cm³/mol. The predicted octanol–water partition coefficient (Wildman–Crippen LogP) is 3.96. The Morgan fingerprint density at radius 2 is 1.92 bits per heavy atom. The zero-order chi connectivity index (χ0) is 26.8. The quantitative estimate of drug-likeness (QED) is 0.359. The molecular formula is C26H29F3N4O4. The van der Waals surface area contributed by atoms with E-state index in [2.05, 4.69) is 10.1 Å². The lowest BCUT2D eigenvalue weighted by molar-refractivity contribution is -0.0390. The molecule has 0 bridgehead atoms. The number of aliphatic hydroxyl groups excluding tert-OH is 1. The number of ether oxygens (including phenoxy) is 2. The molecule has 0 fully saturated rings. The van der Waals surface area contributed by atoms with Crippen molar-refractivity contribution in [3.05, 3.63) is 83.7 Å². The van der Waals surface area contributed by atoms with Crippen molar-refractivity contribution in [2.75, 3.05) is 40.5 Å². The van der Waals surface area contributed by atoms with Gasteiger partial charge in [0.2, 0.25) is 0 Å². The highest BCUT2D eigenvalue weighted by atomic mass is 19.2. The molecule has 1 aliphatic heterocycles. The van der Waals surface area contributed by atoms with Gasteiger partial charge in [0, 0.05) is 13.2 Å². The minimum atomic E-state index is -1.42. The van der Waals surface area contributed by atoms with Crippen LogP contribution in [-0.4, -0.2) is 72.0 Å². The van der Waals surface area contributed by atoms with Gasteiger partial charge < -0.3 is 28.9 Å². The van der Waals surface area contributed by atoms with Gasteiger partial charge in [-0.2, -0.15) is 0 Å². The molecule has 1 atom stereocenters. The number of hydrogen-bond donors (Lipinski definition) is 1. The van der Waals surface area contributed by atoms with Crippen molar-refractivity contribution in [3.8, 4) is 11.4 Å². The number of rotatable bonds is 8. The Balaban J connectivity index is 0.000000356. The molecule has 3 aromatic rings. The van der Waals surface area contributed by atoms with E-state index in [1.807, 2.05) is 60.0 Å². The normalized spacial score (nSPS) is 15.2. The molecule has 1 N–H and O–H groups in total. The largest absolute Gasteiger partial charge is 0.495 e. The number of nitrogens with zero attached hydrogens (tertiary/aromatic N) is 4.